The zero-order valence-electron chi connectivity index (χ0n) is 27.6. The second-order valence-corrected chi connectivity index (χ2v) is 12.5. The fourth-order valence-corrected chi connectivity index (χ4v) is 4.38. The fourth-order valence-electron chi connectivity index (χ4n) is 3.23. The smallest absolute Gasteiger partial charge is 0.264 e. The molecule has 0 aliphatic carbocycles. The lowest BCUT2D eigenvalue weighted by Crippen LogP contribution is -2.34. The summed E-state index contributed by atoms with van der Waals surface area (Å²) >= 11 is 0. The average Bonchev–Trinajstić information content (AvgIpc) is 2.98. The Hall–Kier alpha value is -1.96. The van der Waals surface area contributed by atoms with Crippen molar-refractivity contribution in [3.05, 3.63) is 25.3 Å². The van der Waals surface area contributed by atoms with Gasteiger partial charge in [-0.2, -0.15) is 16.8 Å². The van der Waals surface area contributed by atoms with Crippen molar-refractivity contribution in [2.45, 2.75) is 65.8 Å². The number of rotatable bonds is 22. The highest BCUT2D eigenvalue weighted by molar-refractivity contribution is 7.86. The Bertz CT molecular complexity index is 926. The van der Waals surface area contributed by atoms with Gasteiger partial charge in [-0.05, 0) is 57.5 Å². The second kappa shape index (κ2) is 33.4. The molecular formula is C28H60N4O11S2. The van der Waals surface area contributed by atoms with E-state index in [9.17, 15) is 26.4 Å². The van der Waals surface area contributed by atoms with Crippen LogP contribution in [0.3, 0.4) is 0 Å². The predicted octanol–water partition coefficient (Wildman–Crippen LogP) is 0.305. The van der Waals surface area contributed by atoms with E-state index in [0.29, 0.717) is 51.9 Å². The van der Waals surface area contributed by atoms with Crippen molar-refractivity contribution in [3.8, 4) is 0 Å². The molecule has 0 heterocycles. The van der Waals surface area contributed by atoms with Crippen molar-refractivity contribution in [1.29, 1.82) is 0 Å². The Kier molecular flexibility index (Phi) is 37.0. The summed E-state index contributed by atoms with van der Waals surface area (Å²) in [5.41, 5.74) is 0. The molecule has 15 nitrogen and oxygen atoms in total. The van der Waals surface area contributed by atoms with Gasteiger partial charge in [-0.25, -0.2) is 0 Å². The van der Waals surface area contributed by atoms with Crippen LogP contribution in [0.15, 0.2) is 25.3 Å². The first kappa shape index (κ1) is 49.9. The molecule has 0 saturated heterocycles. The van der Waals surface area contributed by atoms with E-state index in [2.05, 4.69) is 49.5 Å². The number of hydrogen-bond donors (Lipinski definition) is 7. The molecule has 0 rings (SSSR count). The molecule has 0 aliphatic heterocycles. The summed E-state index contributed by atoms with van der Waals surface area (Å²) in [4.78, 5) is 25.7. The third-order valence-electron chi connectivity index (χ3n) is 5.90. The minimum atomic E-state index is -3.95. The molecule has 17 heteroatoms. The Labute approximate surface area is 271 Å². The maximum Gasteiger partial charge on any atom is 0.264 e. The monoisotopic (exact) mass is 692 g/mol. The van der Waals surface area contributed by atoms with Gasteiger partial charge in [0.15, 0.2) is 0 Å². The van der Waals surface area contributed by atoms with Crippen molar-refractivity contribution < 1.29 is 50.8 Å². The summed E-state index contributed by atoms with van der Waals surface area (Å²) in [6, 6.07) is -0.248. The van der Waals surface area contributed by atoms with Gasteiger partial charge in [0.05, 0.1) is 31.3 Å². The molecule has 1 unspecified atom stereocenters. The highest BCUT2D eigenvalue weighted by atomic mass is 32.2. The molecule has 7 N–H and O–H groups in total. The number of aliphatic hydroxyl groups excluding tert-OH is 3. The van der Waals surface area contributed by atoms with Gasteiger partial charge in [0.2, 0.25) is 11.8 Å². The average molecular weight is 693 g/mol. The number of carbonyl (C=O) groups is 2. The third kappa shape index (κ3) is 44.2. The van der Waals surface area contributed by atoms with Crippen molar-refractivity contribution >= 4 is 32.1 Å². The van der Waals surface area contributed by atoms with Gasteiger partial charge in [0.25, 0.3) is 20.2 Å². The van der Waals surface area contributed by atoms with Gasteiger partial charge < -0.3 is 30.9 Å². The summed E-state index contributed by atoms with van der Waals surface area (Å²) in [6.45, 7) is 20.8. The molecule has 0 aromatic rings. The molecule has 2 amide bonds. The molecule has 0 bridgehead atoms. The van der Waals surface area contributed by atoms with E-state index in [1.807, 2.05) is 6.92 Å². The highest BCUT2D eigenvalue weighted by Crippen LogP contribution is 2.00. The van der Waals surface area contributed by atoms with Gasteiger partial charge >= 0.3 is 0 Å². The Morgan fingerprint density at radius 3 is 1.47 bits per heavy atom. The number of nitrogens with one attached hydrogen (secondary N) is 2. The van der Waals surface area contributed by atoms with Crippen LogP contribution >= 0.6 is 0 Å². The highest BCUT2D eigenvalue weighted by Gasteiger charge is 2.12. The number of carbonyl (C=O) groups excluding carboxylic acids is 2. The minimum Gasteiger partial charge on any atom is -0.395 e. The van der Waals surface area contributed by atoms with E-state index in [1.54, 1.807) is 4.90 Å². The van der Waals surface area contributed by atoms with Crippen LogP contribution in [-0.4, -0.2) is 146 Å². The second-order valence-electron chi connectivity index (χ2n) is 9.37. The number of hydrogen-bond acceptors (Lipinski definition) is 11. The first-order valence-corrected chi connectivity index (χ1v) is 18.3. The number of aliphatic hydroxyl groups is 3. The summed E-state index contributed by atoms with van der Waals surface area (Å²) in [6.07, 6.45) is 4.85. The van der Waals surface area contributed by atoms with E-state index in [0.717, 1.165) is 6.08 Å². The lowest BCUT2D eigenvalue weighted by atomic mass is 10.2. The number of unbranched alkanes of at least 4 members (excludes halogenated alkanes) is 2. The first-order valence-electron chi connectivity index (χ1n) is 15.0. The fraction of sp³-hybridized carbons (Fsp3) is 0.786. The van der Waals surface area contributed by atoms with Crippen LogP contribution in [0.1, 0.15) is 59.8 Å². The van der Waals surface area contributed by atoms with Crippen LogP contribution in [0.25, 0.3) is 0 Å². The SMILES string of the molecule is C=CC(=O)NC(CC)CCS(=O)(=O)O.C=CC(=O)NCCCCCS(=O)(=O)O.CCN(CC)CC.OCCN(CCO)CCO. The molecule has 0 spiro atoms. The standard InChI is InChI=1S/2C8H15NO4S.C6H15NO3.C6H15N/c1-3-7(9-8(10)4-2)5-6-14(11,12)13;1-2-8(10)9-6-4-3-5-7-14(11,12)13;8-4-1-7(2-5-9)3-6-10;1-4-7(5-2)6-3/h4,7H,2-3,5-6H2,1H3,(H,9,10)(H,11,12,13);2H,1,3-7H2,(H,9,10)(H,11,12,13);8-10H,1-6H2;4-6H2,1-3H3. The molecule has 45 heavy (non-hydrogen) atoms. The molecule has 0 saturated carbocycles. The van der Waals surface area contributed by atoms with Crippen LogP contribution < -0.4 is 10.6 Å². The van der Waals surface area contributed by atoms with Crippen LogP contribution in [0.5, 0.6) is 0 Å². The third-order valence-corrected chi connectivity index (χ3v) is 7.46. The van der Waals surface area contributed by atoms with E-state index in [4.69, 9.17) is 24.4 Å². The van der Waals surface area contributed by atoms with E-state index >= 15 is 0 Å². The van der Waals surface area contributed by atoms with Crippen LogP contribution in [0.2, 0.25) is 0 Å². The normalized spacial score (nSPS) is 11.5. The molecule has 270 valence electrons. The van der Waals surface area contributed by atoms with Gasteiger partial charge in [-0.3, -0.25) is 23.6 Å². The summed E-state index contributed by atoms with van der Waals surface area (Å²) in [5.74, 6) is -1.14. The van der Waals surface area contributed by atoms with Gasteiger partial charge in [-0.15, -0.1) is 0 Å². The lowest BCUT2D eigenvalue weighted by molar-refractivity contribution is -0.117. The summed E-state index contributed by atoms with van der Waals surface area (Å²) in [5, 5.41) is 30.6. The maximum atomic E-state index is 10.9. The van der Waals surface area contributed by atoms with Crippen molar-refractivity contribution in [2.24, 2.45) is 0 Å². The Morgan fingerprint density at radius 1 is 0.711 bits per heavy atom. The van der Waals surface area contributed by atoms with Crippen LogP contribution in [0, 0.1) is 0 Å². The molecule has 0 aromatic carbocycles. The van der Waals surface area contributed by atoms with Crippen LogP contribution in [0.4, 0.5) is 0 Å². The molecule has 0 radical (unpaired) electrons. The number of nitrogens with zero attached hydrogens (tertiary/aromatic N) is 2. The van der Waals surface area contributed by atoms with Crippen molar-refractivity contribution in [1.82, 2.24) is 20.4 Å². The van der Waals surface area contributed by atoms with E-state index in [1.165, 1.54) is 25.7 Å². The topological polar surface area (TPSA) is 234 Å². The molecule has 1 atom stereocenters. The molecular weight excluding hydrogens is 632 g/mol. The minimum absolute atomic E-state index is 0.0694. The predicted molar refractivity (Wildman–Crippen MR) is 178 cm³/mol. The van der Waals surface area contributed by atoms with Crippen LogP contribution in [-0.2, 0) is 29.8 Å². The van der Waals surface area contributed by atoms with Gasteiger partial charge in [0.1, 0.15) is 0 Å². The maximum absolute atomic E-state index is 10.9. The largest absolute Gasteiger partial charge is 0.395 e. The van der Waals surface area contributed by atoms with Gasteiger partial charge in [0, 0.05) is 32.2 Å². The lowest BCUT2D eigenvalue weighted by Gasteiger charge is -2.17. The summed E-state index contributed by atoms with van der Waals surface area (Å²) in [7, 11) is -7.78. The molecule has 0 fully saturated rings. The summed E-state index contributed by atoms with van der Waals surface area (Å²) < 4.78 is 58.3. The Morgan fingerprint density at radius 2 is 1.16 bits per heavy atom. The number of amides is 2. The zero-order chi connectivity index (χ0) is 35.7. The zero-order valence-corrected chi connectivity index (χ0v) is 29.2. The first-order chi connectivity index (χ1) is 21.0. The molecule has 0 aliphatic rings. The Balaban J connectivity index is -0.000000257. The van der Waals surface area contributed by atoms with E-state index in [-0.39, 0.29) is 55.6 Å². The van der Waals surface area contributed by atoms with Crippen molar-refractivity contribution in [2.75, 3.05) is 77.1 Å². The quantitative estimate of drug-likeness (QED) is 0.0460. The van der Waals surface area contributed by atoms with E-state index < -0.39 is 20.2 Å². The van der Waals surface area contributed by atoms with Crippen molar-refractivity contribution in [3.63, 3.8) is 0 Å². The molecule has 0 aromatic heterocycles. The van der Waals surface area contributed by atoms with Gasteiger partial charge in [-0.1, -0.05) is 47.3 Å².